The normalized spacial score (nSPS) is 10.3. The van der Waals surface area contributed by atoms with Gasteiger partial charge in [-0.15, -0.1) is 6.42 Å². The zero-order valence-electron chi connectivity index (χ0n) is 8.93. The minimum Gasteiger partial charge on any atom is -1.00 e. The molecule has 0 unspecified atom stereocenters. The molecule has 0 N–H and O–H groups in total. The maximum absolute atomic E-state index is 2.99. The zero-order chi connectivity index (χ0) is 8.81. The van der Waals surface area contributed by atoms with Crippen molar-refractivity contribution in [1.82, 2.24) is 0 Å². The molecule has 0 heterocycles. The van der Waals surface area contributed by atoms with Gasteiger partial charge in [-0.2, -0.15) is 23.3 Å². The maximum atomic E-state index is 2.99. The van der Waals surface area contributed by atoms with Crippen LogP contribution in [-0.4, -0.2) is 0 Å². The van der Waals surface area contributed by atoms with Crippen molar-refractivity contribution in [3.8, 4) is 0 Å². The van der Waals surface area contributed by atoms with Gasteiger partial charge in [-0.05, 0) is 0 Å². The largest absolute Gasteiger partial charge is 4.00 e. The Labute approximate surface area is 124 Å². The summed E-state index contributed by atoms with van der Waals surface area (Å²) in [7, 11) is 0. The number of hydrogen-bond acceptors (Lipinski definition) is 0. The topological polar surface area (TPSA) is 0 Å². The average Bonchev–Trinajstić information content (AvgIpc) is 2.67. The van der Waals surface area contributed by atoms with Crippen molar-refractivity contribution in [1.29, 1.82) is 0 Å². The first-order valence-electron chi connectivity index (χ1n) is 4.21. The summed E-state index contributed by atoms with van der Waals surface area (Å²) in [4.78, 5) is 0. The molecular weight excluding hydrogens is 394 g/mol. The molecule has 0 nitrogen and oxygen atoms in total. The SMILES string of the molecule is Cc1ccc[c-]1C.[C-]1=CC=CC1.[Cl-].[Cl-].[Hf+4]. The molecule has 0 fully saturated rings. The molecule has 0 aromatic heterocycles. The summed E-state index contributed by atoms with van der Waals surface area (Å²) in [5.74, 6) is 0. The Morgan fingerprint density at radius 2 is 2.00 bits per heavy atom. The fraction of sp³-hybridized carbons (Fsp3) is 0.250. The molecule has 1 aliphatic carbocycles. The quantitative estimate of drug-likeness (QED) is 0.325. The first-order valence-corrected chi connectivity index (χ1v) is 4.21. The van der Waals surface area contributed by atoms with Crippen molar-refractivity contribution in [3.63, 3.8) is 0 Å². The Kier molecular flexibility index (Phi) is 17.0. The van der Waals surface area contributed by atoms with Crippen LogP contribution in [0.15, 0.2) is 36.4 Å². The molecule has 2 rings (SSSR count). The summed E-state index contributed by atoms with van der Waals surface area (Å²) in [6.45, 7) is 4.24. The first-order chi connectivity index (χ1) is 5.80. The Balaban J connectivity index is -0.000000165. The van der Waals surface area contributed by atoms with Gasteiger partial charge in [-0.25, -0.2) is 24.3 Å². The van der Waals surface area contributed by atoms with Gasteiger partial charge in [0.15, 0.2) is 0 Å². The van der Waals surface area contributed by atoms with Crippen molar-refractivity contribution < 1.29 is 50.7 Å². The average molecular weight is 408 g/mol. The molecule has 3 heteroatoms. The number of allylic oxidation sites excluding steroid dienone is 4. The van der Waals surface area contributed by atoms with Gasteiger partial charge < -0.3 is 24.8 Å². The van der Waals surface area contributed by atoms with Crippen LogP contribution in [-0.2, 0) is 25.8 Å². The van der Waals surface area contributed by atoms with E-state index in [-0.39, 0.29) is 50.7 Å². The number of hydrogen-bond donors (Lipinski definition) is 0. The molecule has 80 valence electrons. The van der Waals surface area contributed by atoms with Gasteiger partial charge >= 0.3 is 25.8 Å². The van der Waals surface area contributed by atoms with E-state index in [0.717, 1.165) is 6.42 Å². The van der Waals surface area contributed by atoms with Crippen molar-refractivity contribution in [2.45, 2.75) is 20.3 Å². The molecule has 0 saturated carbocycles. The third-order valence-corrected chi connectivity index (χ3v) is 1.90. The maximum Gasteiger partial charge on any atom is 4.00 e. The van der Waals surface area contributed by atoms with Crippen LogP contribution in [0.3, 0.4) is 0 Å². The Bertz CT molecular complexity index is 261. The van der Waals surface area contributed by atoms with E-state index >= 15 is 0 Å². The number of aryl methyl sites for hydroxylation is 2. The van der Waals surface area contributed by atoms with Crippen LogP contribution in [0, 0.1) is 19.9 Å². The molecular formula is C12H14Cl2Hf. The van der Waals surface area contributed by atoms with Crippen molar-refractivity contribution in [2.75, 3.05) is 0 Å². The molecule has 1 aliphatic rings. The van der Waals surface area contributed by atoms with E-state index in [1.165, 1.54) is 11.1 Å². The van der Waals surface area contributed by atoms with Crippen LogP contribution in [0.25, 0.3) is 0 Å². The van der Waals surface area contributed by atoms with Crippen molar-refractivity contribution in [2.24, 2.45) is 0 Å². The fourth-order valence-corrected chi connectivity index (χ4v) is 0.940. The standard InChI is InChI=1S/C7H9.C5H5.2ClH.Hf/c1-6-4-3-5-7(6)2;1-2-4-5-3-1;;;/h3-5H,1-2H3;1-3H,4H2;2*1H;/q2*-1;;;+4/p-2. The molecule has 1 aromatic carbocycles. The van der Waals surface area contributed by atoms with Crippen LogP contribution in [0.2, 0.25) is 0 Å². The molecule has 0 aliphatic heterocycles. The van der Waals surface area contributed by atoms with Crippen LogP contribution < -0.4 is 24.8 Å². The summed E-state index contributed by atoms with van der Waals surface area (Å²) < 4.78 is 0. The molecule has 0 amide bonds. The van der Waals surface area contributed by atoms with Crippen LogP contribution >= 0.6 is 0 Å². The van der Waals surface area contributed by atoms with E-state index in [0.29, 0.717) is 0 Å². The van der Waals surface area contributed by atoms with E-state index in [1.807, 2.05) is 12.2 Å². The van der Waals surface area contributed by atoms with Crippen LogP contribution in [0.4, 0.5) is 0 Å². The van der Waals surface area contributed by atoms with Gasteiger partial charge in [0.2, 0.25) is 0 Å². The molecule has 0 radical (unpaired) electrons. The van der Waals surface area contributed by atoms with E-state index in [9.17, 15) is 0 Å². The summed E-state index contributed by atoms with van der Waals surface area (Å²) in [6.07, 6.45) is 10.0. The predicted molar refractivity (Wildman–Crippen MR) is 53.1 cm³/mol. The van der Waals surface area contributed by atoms with Gasteiger partial charge in [0.25, 0.3) is 0 Å². The Morgan fingerprint density at radius 1 is 1.33 bits per heavy atom. The Morgan fingerprint density at radius 3 is 2.13 bits per heavy atom. The van der Waals surface area contributed by atoms with E-state index in [2.05, 4.69) is 44.2 Å². The second-order valence-electron chi connectivity index (χ2n) is 2.89. The molecule has 1 aromatic rings. The zero-order valence-corrected chi connectivity index (χ0v) is 14.0. The van der Waals surface area contributed by atoms with Gasteiger partial charge in [-0.1, -0.05) is 13.8 Å². The van der Waals surface area contributed by atoms with Gasteiger partial charge in [0, 0.05) is 0 Å². The van der Waals surface area contributed by atoms with Crippen LogP contribution in [0.1, 0.15) is 17.5 Å². The summed E-state index contributed by atoms with van der Waals surface area (Å²) >= 11 is 0. The first kappa shape index (κ1) is 20.7. The van der Waals surface area contributed by atoms with Gasteiger partial charge in [-0.3, -0.25) is 6.08 Å². The summed E-state index contributed by atoms with van der Waals surface area (Å²) in [5.41, 5.74) is 2.78. The van der Waals surface area contributed by atoms with E-state index in [1.54, 1.807) is 0 Å². The molecule has 0 saturated heterocycles. The molecule has 0 bridgehead atoms. The van der Waals surface area contributed by atoms with Crippen LogP contribution in [0.5, 0.6) is 0 Å². The fourth-order valence-electron chi connectivity index (χ4n) is 0.940. The smallest absolute Gasteiger partial charge is 1.00 e. The van der Waals surface area contributed by atoms with Crippen molar-refractivity contribution in [3.05, 3.63) is 53.6 Å². The summed E-state index contributed by atoms with van der Waals surface area (Å²) in [5, 5.41) is 0. The minimum absolute atomic E-state index is 0. The van der Waals surface area contributed by atoms with E-state index < -0.39 is 0 Å². The molecule has 0 spiro atoms. The predicted octanol–water partition coefficient (Wildman–Crippen LogP) is -2.67. The third kappa shape index (κ3) is 9.22. The molecule has 15 heavy (non-hydrogen) atoms. The monoisotopic (exact) mass is 408 g/mol. The van der Waals surface area contributed by atoms with Gasteiger partial charge in [0.1, 0.15) is 0 Å². The minimum atomic E-state index is 0. The Hall–Kier alpha value is 0.280. The van der Waals surface area contributed by atoms with Crippen molar-refractivity contribution >= 4 is 0 Å². The third-order valence-electron chi connectivity index (χ3n) is 1.90. The van der Waals surface area contributed by atoms with Gasteiger partial charge in [0.05, 0.1) is 0 Å². The molecule has 0 atom stereocenters. The second kappa shape index (κ2) is 12.4. The van der Waals surface area contributed by atoms with E-state index in [4.69, 9.17) is 0 Å². The second-order valence-corrected chi connectivity index (χ2v) is 2.89. The number of rotatable bonds is 0. The summed E-state index contributed by atoms with van der Waals surface area (Å²) in [6, 6.07) is 6.31. The number of halogens is 2.